The molecule has 8 rings (SSSR count). The van der Waals surface area contributed by atoms with Crippen LogP contribution in [0.1, 0.15) is 45.5 Å². The molecule has 2 fully saturated rings. The molecule has 0 aromatic heterocycles. The third-order valence-electron chi connectivity index (χ3n) is 11.6. The Labute approximate surface area is 342 Å². The van der Waals surface area contributed by atoms with E-state index < -0.39 is 0 Å². The predicted octanol–water partition coefficient (Wildman–Crippen LogP) is 7.68. The first-order valence-electron chi connectivity index (χ1n) is 20.6. The van der Waals surface area contributed by atoms with Gasteiger partial charge >= 0.3 is 0 Å². The van der Waals surface area contributed by atoms with E-state index in [-0.39, 0.29) is 11.7 Å². The number of carbonyl (C=O) groups is 2. The maximum atomic E-state index is 13.9. The van der Waals surface area contributed by atoms with Crippen LogP contribution in [0.15, 0.2) is 78.9 Å². The highest BCUT2D eigenvalue weighted by Crippen LogP contribution is 2.42. The van der Waals surface area contributed by atoms with E-state index in [1.165, 1.54) is 12.1 Å². The summed E-state index contributed by atoms with van der Waals surface area (Å²) >= 11 is 0. The molecule has 0 radical (unpaired) electrons. The van der Waals surface area contributed by atoms with Crippen LogP contribution >= 0.6 is 0 Å². The summed E-state index contributed by atoms with van der Waals surface area (Å²) in [6.45, 7) is 16.6. The molecule has 2 saturated heterocycles. The van der Waals surface area contributed by atoms with Gasteiger partial charge in [-0.15, -0.1) is 0 Å². The zero-order valence-corrected chi connectivity index (χ0v) is 34.4. The van der Waals surface area contributed by atoms with Crippen molar-refractivity contribution in [1.29, 1.82) is 0 Å². The van der Waals surface area contributed by atoms with Crippen LogP contribution in [0, 0.1) is 19.7 Å². The highest BCUT2D eigenvalue weighted by atomic mass is 19.1. The molecule has 0 saturated carbocycles. The quantitative estimate of drug-likeness (QED) is 0.0785. The van der Waals surface area contributed by atoms with Gasteiger partial charge in [0.1, 0.15) is 17.3 Å². The van der Waals surface area contributed by atoms with E-state index in [1.54, 1.807) is 6.07 Å². The van der Waals surface area contributed by atoms with Crippen LogP contribution in [0.3, 0.4) is 0 Å². The number of fused-ring (bicyclic) bond motifs is 3. The zero-order chi connectivity index (χ0) is 40.6. The molecule has 4 aliphatic carbocycles. The Morgan fingerprint density at radius 1 is 0.655 bits per heavy atom. The second kappa shape index (κ2) is 19.1. The van der Waals surface area contributed by atoms with Crippen LogP contribution in [0.25, 0.3) is 33.9 Å². The highest BCUT2D eigenvalue weighted by Gasteiger charge is 2.26. The maximum absolute atomic E-state index is 13.9. The molecule has 7 aliphatic rings. The number of aryl methyl sites for hydroxylation is 2. The number of aldehydes is 1. The maximum Gasteiger partial charge on any atom is 0.256 e. The van der Waals surface area contributed by atoms with Gasteiger partial charge in [0.15, 0.2) is 6.29 Å². The highest BCUT2D eigenvalue weighted by molar-refractivity contribution is 6.35. The van der Waals surface area contributed by atoms with Gasteiger partial charge in [-0.25, -0.2) is 4.39 Å². The van der Waals surface area contributed by atoms with Gasteiger partial charge < -0.3 is 34.4 Å². The predicted molar refractivity (Wildman–Crippen MR) is 232 cm³/mol. The van der Waals surface area contributed by atoms with E-state index in [9.17, 15) is 14.0 Å². The Morgan fingerprint density at radius 3 is 1.69 bits per heavy atom. The van der Waals surface area contributed by atoms with Crippen LogP contribution in [0.2, 0.25) is 0 Å². The largest absolute Gasteiger partial charge is 0.493 e. The smallest absolute Gasteiger partial charge is 0.256 e. The van der Waals surface area contributed by atoms with Gasteiger partial charge in [0.25, 0.3) is 5.91 Å². The van der Waals surface area contributed by atoms with Crippen molar-refractivity contribution in [3.8, 4) is 33.8 Å². The number of hydrogen-bond acceptors (Lipinski definition) is 8. The third kappa shape index (κ3) is 9.76. The van der Waals surface area contributed by atoms with Crippen molar-refractivity contribution in [3.05, 3.63) is 112 Å². The lowest BCUT2D eigenvalue weighted by molar-refractivity contribution is -0.110. The van der Waals surface area contributed by atoms with E-state index in [2.05, 4.69) is 52.0 Å². The molecular formula is C48H56FN5O4. The number of anilines is 1. The van der Waals surface area contributed by atoms with Crippen molar-refractivity contribution in [2.24, 2.45) is 0 Å². The number of halogens is 1. The Balaban J connectivity index is 0.000000188. The molecule has 3 heterocycles. The molecule has 9 nitrogen and oxygen atoms in total. The van der Waals surface area contributed by atoms with Crippen molar-refractivity contribution >= 4 is 29.5 Å². The fourth-order valence-electron chi connectivity index (χ4n) is 8.25. The Morgan fingerprint density at radius 2 is 1.16 bits per heavy atom. The van der Waals surface area contributed by atoms with Gasteiger partial charge in [0, 0.05) is 99.0 Å². The molecule has 0 unspecified atom stereocenters. The number of piperazine rings is 2. The second-order valence-corrected chi connectivity index (χ2v) is 15.8. The Hall–Kier alpha value is -5.13. The lowest BCUT2D eigenvalue weighted by atomic mass is 10.0. The summed E-state index contributed by atoms with van der Waals surface area (Å²) in [5.74, 6) is 1.15. The lowest BCUT2D eigenvalue weighted by Crippen LogP contribution is -2.44. The van der Waals surface area contributed by atoms with Crippen molar-refractivity contribution in [2.75, 3.05) is 98.1 Å². The summed E-state index contributed by atoms with van der Waals surface area (Å²) in [4.78, 5) is 33.6. The van der Waals surface area contributed by atoms with E-state index in [0.29, 0.717) is 30.0 Å². The standard InChI is InChI=1S/C28H30FN3O2.C20H26N2O2/c1-19-16-20(17-24-23-18-21(29)8-9-25(23)30-28(24)33)22-6-3-4-7-26(27(19)22)34-15-5-10-32-13-11-31(2)12-14-32;1-16-14-17(15-23)18-6-3-4-7-19(20(16)18)24-13-5-8-22-11-9-21(2)10-12-22/h3-4,6-9,16-18H,5,10-15H2,1-2H3,(H,30,33);3-4,6-7,14-15H,5,8-13H2,1-2H3. The summed E-state index contributed by atoms with van der Waals surface area (Å²) in [6, 6.07) is 24.3. The number of benzene rings is 1. The first-order chi connectivity index (χ1) is 28.2. The summed E-state index contributed by atoms with van der Waals surface area (Å²) in [7, 11) is 4.35. The molecule has 3 aliphatic heterocycles. The number of likely N-dealkylation sites (N-methyl/N-ethyl adjacent to an activating group) is 2. The molecule has 0 bridgehead atoms. The number of ether oxygens (including phenoxy) is 2. The van der Waals surface area contributed by atoms with Gasteiger partial charge in [-0.2, -0.15) is 0 Å². The fourth-order valence-corrected chi connectivity index (χ4v) is 8.25. The zero-order valence-electron chi connectivity index (χ0n) is 34.4. The molecule has 304 valence electrons. The van der Waals surface area contributed by atoms with E-state index >= 15 is 0 Å². The number of nitrogens with zero attached hydrogens (tertiary/aromatic N) is 4. The average molecular weight is 786 g/mol. The van der Waals surface area contributed by atoms with E-state index in [4.69, 9.17) is 9.47 Å². The van der Waals surface area contributed by atoms with Crippen LogP contribution in [0.4, 0.5) is 10.1 Å². The van der Waals surface area contributed by atoms with Crippen molar-refractivity contribution in [3.63, 3.8) is 0 Å². The van der Waals surface area contributed by atoms with Crippen LogP contribution in [-0.4, -0.2) is 125 Å². The third-order valence-corrected chi connectivity index (χ3v) is 11.6. The number of hydrogen-bond donors (Lipinski definition) is 1. The van der Waals surface area contributed by atoms with E-state index in [0.717, 1.165) is 141 Å². The summed E-state index contributed by atoms with van der Waals surface area (Å²) in [6.07, 6.45) is 4.77. The van der Waals surface area contributed by atoms with E-state index in [1.807, 2.05) is 67.6 Å². The number of rotatable bonds is 12. The molecule has 10 heteroatoms. The molecule has 0 spiro atoms. The monoisotopic (exact) mass is 785 g/mol. The molecule has 1 aromatic rings. The van der Waals surface area contributed by atoms with Crippen LogP contribution in [-0.2, 0) is 4.79 Å². The van der Waals surface area contributed by atoms with Crippen molar-refractivity contribution < 1.29 is 23.5 Å². The second-order valence-electron chi connectivity index (χ2n) is 15.8. The Kier molecular flexibility index (Phi) is 13.5. The summed E-state index contributed by atoms with van der Waals surface area (Å²) < 4.78 is 26.2. The van der Waals surface area contributed by atoms with Crippen molar-refractivity contribution in [2.45, 2.75) is 26.7 Å². The molecule has 58 heavy (non-hydrogen) atoms. The van der Waals surface area contributed by atoms with Gasteiger partial charge in [-0.3, -0.25) is 9.59 Å². The SMILES string of the molecule is Cc1cc(C=C2C(=O)Nc3ccc(F)cc32)c2ccccc(OCCCN3CCN(C)CC3)c1-2.Cc1cc(C=O)c2ccccc(OCCCN3CCN(C)CC3)c1-2. The number of nitrogens with one attached hydrogen (secondary N) is 1. The van der Waals surface area contributed by atoms with Crippen LogP contribution in [0.5, 0.6) is 11.5 Å². The first kappa shape index (κ1) is 41.0. The molecule has 0 atom stereocenters. The van der Waals surface area contributed by atoms with Gasteiger partial charge in [-0.05, 0) is 111 Å². The minimum absolute atomic E-state index is 0.215. The van der Waals surface area contributed by atoms with Crippen molar-refractivity contribution in [1.82, 2.24) is 19.6 Å². The molecule has 1 N–H and O–H groups in total. The first-order valence-corrected chi connectivity index (χ1v) is 20.6. The van der Waals surface area contributed by atoms with Gasteiger partial charge in [-0.1, -0.05) is 42.5 Å². The molecule has 1 aromatic carbocycles. The lowest BCUT2D eigenvalue weighted by Gasteiger charge is -2.32. The molecule has 1 amide bonds. The summed E-state index contributed by atoms with van der Waals surface area (Å²) in [5, 5.41) is 2.83. The van der Waals surface area contributed by atoms with Gasteiger partial charge in [0.05, 0.1) is 13.2 Å². The van der Waals surface area contributed by atoms with Crippen LogP contribution < -0.4 is 14.8 Å². The fraction of sp³-hybridized carbons (Fsp3) is 0.375. The van der Waals surface area contributed by atoms with Gasteiger partial charge in [0.2, 0.25) is 0 Å². The minimum Gasteiger partial charge on any atom is -0.493 e. The number of amides is 1. The Bertz CT molecular complexity index is 2170. The normalized spacial score (nSPS) is 17.3. The number of carbonyl (C=O) groups excluding carboxylic acids is 2. The minimum atomic E-state index is -0.358. The summed E-state index contributed by atoms with van der Waals surface area (Å²) in [5.41, 5.74) is 9.65. The topological polar surface area (TPSA) is 77.6 Å². The average Bonchev–Trinajstić information content (AvgIpc) is 3.66. The molecular weight excluding hydrogens is 730 g/mol.